The quantitative estimate of drug-likeness (QED) is 0.654. The summed E-state index contributed by atoms with van der Waals surface area (Å²) in [5.41, 5.74) is 0.831. The van der Waals surface area contributed by atoms with Crippen LogP contribution in [0, 0.1) is 12.3 Å². The molecule has 17 heavy (non-hydrogen) atoms. The third-order valence-electron chi connectivity index (χ3n) is 1.87. The van der Waals surface area contributed by atoms with Crippen LogP contribution in [-0.2, 0) is 16.1 Å². The average molecular weight is 252 g/mol. The number of benzene rings is 1. The van der Waals surface area contributed by atoms with Crippen LogP contribution >= 0.6 is 11.6 Å². The van der Waals surface area contributed by atoms with Crippen LogP contribution in [0.2, 0.25) is 0 Å². The minimum atomic E-state index is -1.17. The van der Waals surface area contributed by atoms with Crippen LogP contribution in [0.1, 0.15) is 5.56 Å². The van der Waals surface area contributed by atoms with Gasteiger partial charge in [0.25, 0.3) is 5.24 Å². The lowest BCUT2D eigenvalue weighted by Gasteiger charge is -2.09. The van der Waals surface area contributed by atoms with Crippen LogP contribution in [0.4, 0.5) is 4.79 Å². The van der Waals surface area contributed by atoms with Gasteiger partial charge in [0.2, 0.25) is 0 Å². The summed E-state index contributed by atoms with van der Waals surface area (Å²) in [7, 11) is 0. The molecule has 1 amide bonds. The number of carbonyl (C=O) groups is 2. The molecule has 0 aliphatic rings. The molecule has 4 nitrogen and oxygen atoms in total. The Morgan fingerprint density at radius 2 is 2.06 bits per heavy atom. The number of carbonyl (C=O) groups excluding carboxylic acids is 2. The lowest BCUT2D eigenvalue weighted by Crippen LogP contribution is -2.38. The number of rotatable bonds is 4. The van der Waals surface area contributed by atoms with Gasteiger partial charge in [0.1, 0.15) is 6.61 Å². The molecule has 0 fully saturated rings. The third-order valence-corrected chi connectivity index (χ3v) is 2.09. The highest BCUT2D eigenvalue weighted by Crippen LogP contribution is 2.01. The van der Waals surface area contributed by atoms with Crippen LogP contribution in [0.25, 0.3) is 0 Å². The topological polar surface area (TPSA) is 55.4 Å². The van der Waals surface area contributed by atoms with E-state index in [-0.39, 0.29) is 6.61 Å². The first-order chi connectivity index (χ1) is 8.13. The molecule has 0 bridgehead atoms. The predicted octanol–water partition coefficient (Wildman–Crippen LogP) is 1.68. The Labute approximate surface area is 104 Å². The van der Waals surface area contributed by atoms with Gasteiger partial charge in [-0.1, -0.05) is 36.3 Å². The first-order valence-electron chi connectivity index (χ1n) is 4.76. The van der Waals surface area contributed by atoms with Crippen molar-refractivity contribution >= 4 is 22.9 Å². The SMILES string of the molecule is C#C[C@H](NC(=O)OCc1ccccc1)C(=O)Cl. The van der Waals surface area contributed by atoms with E-state index in [1.807, 2.05) is 24.1 Å². The summed E-state index contributed by atoms with van der Waals surface area (Å²) in [6.07, 6.45) is 4.22. The number of hydrogen-bond acceptors (Lipinski definition) is 3. The van der Waals surface area contributed by atoms with E-state index >= 15 is 0 Å². The number of ether oxygens (including phenoxy) is 1. The van der Waals surface area contributed by atoms with Gasteiger partial charge in [-0.05, 0) is 17.2 Å². The van der Waals surface area contributed by atoms with Crippen molar-refractivity contribution < 1.29 is 14.3 Å². The van der Waals surface area contributed by atoms with Crippen molar-refractivity contribution in [1.29, 1.82) is 0 Å². The zero-order chi connectivity index (χ0) is 12.7. The number of alkyl carbamates (subject to hydrolysis) is 1. The van der Waals surface area contributed by atoms with E-state index in [4.69, 9.17) is 22.8 Å². The molecule has 0 heterocycles. The average Bonchev–Trinajstić information content (AvgIpc) is 2.34. The van der Waals surface area contributed by atoms with Crippen LogP contribution in [0.15, 0.2) is 30.3 Å². The Morgan fingerprint density at radius 1 is 1.41 bits per heavy atom. The fourth-order valence-electron chi connectivity index (χ4n) is 1.05. The smallest absolute Gasteiger partial charge is 0.408 e. The van der Waals surface area contributed by atoms with E-state index < -0.39 is 17.4 Å². The summed E-state index contributed by atoms with van der Waals surface area (Å²) >= 11 is 5.15. The van der Waals surface area contributed by atoms with Crippen molar-refractivity contribution in [2.45, 2.75) is 12.6 Å². The number of halogens is 1. The molecular weight excluding hydrogens is 242 g/mol. The predicted molar refractivity (Wildman–Crippen MR) is 63.2 cm³/mol. The zero-order valence-electron chi connectivity index (χ0n) is 8.85. The molecule has 1 atom stereocenters. The fraction of sp³-hybridized carbons (Fsp3) is 0.167. The van der Waals surface area contributed by atoms with E-state index in [0.717, 1.165) is 5.56 Å². The van der Waals surface area contributed by atoms with E-state index in [0.29, 0.717) is 0 Å². The first kappa shape index (κ1) is 13.1. The van der Waals surface area contributed by atoms with Gasteiger partial charge in [0.15, 0.2) is 6.04 Å². The Hall–Kier alpha value is -1.99. The van der Waals surface area contributed by atoms with Crippen molar-refractivity contribution in [2.75, 3.05) is 0 Å². The van der Waals surface area contributed by atoms with Crippen molar-refractivity contribution in [3.8, 4) is 12.3 Å². The largest absolute Gasteiger partial charge is 0.445 e. The molecule has 0 aromatic heterocycles. The second-order valence-electron chi connectivity index (χ2n) is 3.11. The molecule has 1 aromatic carbocycles. The molecule has 0 saturated carbocycles. The van der Waals surface area contributed by atoms with Gasteiger partial charge >= 0.3 is 6.09 Å². The molecule has 0 aliphatic carbocycles. The van der Waals surface area contributed by atoms with Crippen LogP contribution in [0.3, 0.4) is 0 Å². The zero-order valence-corrected chi connectivity index (χ0v) is 9.61. The van der Waals surface area contributed by atoms with Crippen LogP contribution in [0.5, 0.6) is 0 Å². The van der Waals surface area contributed by atoms with Crippen molar-refractivity contribution in [1.82, 2.24) is 5.32 Å². The normalized spacial score (nSPS) is 11.1. The molecule has 0 spiro atoms. The molecular formula is C12H10ClNO3. The molecule has 0 aliphatic heterocycles. The highest BCUT2D eigenvalue weighted by molar-refractivity contribution is 6.65. The number of terminal acetylenes is 1. The van der Waals surface area contributed by atoms with Crippen molar-refractivity contribution in [3.05, 3.63) is 35.9 Å². The molecule has 0 radical (unpaired) electrons. The van der Waals surface area contributed by atoms with Gasteiger partial charge in [-0.3, -0.25) is 10.1 Å². The van der Waals surface area contributed by atoms with Gasteiger partial charge in [-0.2, -0.15) is 0 Å². The minimum absolute atomic E-state index is 0.0977. The summed E-state index contributed by atoms with van der Waals surface area (Å²) in [6.45, 7) is 0.0977. The fourth-order valence-corrected chi connectivity index (χ4v) is 1.16. The second kappa shape index (κ2) is 6.56. The van der Waals surface area contributed by atoms with Gasteiger partial charge in [0.05, 0.1) is 0 Å². The van der Waals surface area contributed by atoms with E-state index in [9.17, 15) is 9.59 Å². The Bertz CT molecular complexity index is 439. The molecule has 5 heteroatoms. The van der Waals surface area contributed by atoms with E-state index in [2.05, 4.69) is 5.32 Å². The van der Waals surface area contributed by atoms with Gasteiger partial charge < -0.3 is 4.74 Å². The van der Waals surface area contributed by atoms with Gasteiger partial charge in [-0.25, -0.2) is 4.79 Å². The summed E-state index contributed by atoms with van der Waals surface area (Å²) in [6, 6.07) is 7.94. The summed E-state index contributed by atoms with van der Waals surface area (Å²) < 4.78 is 4.85. The van der Waals surface area contributed by atoms with E-state index in [1.165, 1.54) is 0 Å². The lowest BCUT2D eigenvalue weighted by atomic mass is 10.2. The maximum Gasteiger partial charge on any atom is 0.408 e. The molecule has 1 N–H and O–H groups in total. The number of amides is 1. The molecule has 88 valence electrons. The molecule has 1 rings (SSSR count). The van der Waals surface area contributed by atoms with Crippen molar-refractivity contribution in [3.63, 3.8) is 0 Å². The molecule has 0 unspecified atom stereocenters. The van der Waals surface area contributed by atoms with Crippen molar-refractivity contribution in [2.24, 2.45) is 0 Å². The van der Waals surface area contributed by atoms with E-state index in [1.54, 1.807) is 12.1 Å². The highest BCUT2D eigenvalue weighted by atomic mass is 35.5. The Morgan fingerprint density at radius 3 is 2.59 bits per heavy atom. The van der Waals surface area contributed by atoms with Gasteiger partial charge in [-0.15, -0.1) is 6.42 Å². The monoisotopic (exact) mass is 251 g/mol. The third kappa shape index (κ3) is 4.58. The second-order valence-corrected chi connectivity index (χ2v) is 3.48. The summed E-state index contributed by atoms with van der Waals surface area (Å²) in [5, 5.41) is 1.33. The highest BCUT2D eigenvalue weighted by Gasteiger charge is 2.16. The van der Waals surface area contributed by atoms with Crippen LogP contribution < -0.4 is 5.32 Å². The minimum Gasteiger partial charge on any atom is -0.445 e. The standard InChI is InChI=1S/C12H10ClNO3/c1-2-10(11(13)15)14-12(16)17-8-9-6-4-3-5-7-9/h1,3-7,10H,8H2,(H,14,16)/t10-/m0/s1. The number of nitrogens with one attached hydrogen (secondary N) is 1. The first-order valence-corrected chi connectivity index (χ1v) is 5.14. The van der Waals surface area contributed by atoms with Crippen LogP contribution in [-0.4, -0.2) is 17.4 Å². The lowest BCUT2D eigenvalue weighted by molar-refractivity contribution is -0.112. The Kier molecular flexibility index (Phi) is 5.05. The maximum atomic E-state index is 11.3. The molecule has 1 aromatic rings. The number of hydrogen-bond donors (Lipinski definition) is 1. The summed E-state index contributed by atoms with van der Waals surface area (Å²) in [5.74, 6) is 2.04. The molecule has 0 saturated heterocycles. The maximum absolute atomic E-state index is 11.3. The Balaban J connectivity index is 2.41. The van der Waals surface area contributed by atoms with Gasteiger partial charge in [0, 0.05) is 0 Å². The summed E-state index contributed by atoms with van der Waals surface area (Å²) in [4.78, 5) is 22.0.